The Labute approximate surface area is 216 Å². The predicted octanol–water partition coefficient (Wildman–Crippen LogP) is 4.26. The highest BCUT2D eigenvalue weighted by Gasteiger charge is 2.32. The van der Waals surface area contributed by atoms with E-state index in [0.29, 0.717) is 36.4 Å². The highest BCUT2D eigenvalue weighted by atomic mass is 32.2. The lowest BCUT2D eigenvalue weighted by Crippen LogP contribution is -2.55. The average Bonchev–Trinajstić information content (AvgIpc) is 3.41. The van der Waals surface area contributed by atoms with Gasteiger partial charge in [-0.15, -0.1) is 0 Å². The van der Waals surface area contributed by atoms with Crippen molar-refractivity contribution >= 4 is 38.6 Å². The number of pyridine rings is 1. The van der Waals surface area contributed by atoms with E-state index in [1.54, 1.807) is 64.5 Å². The van der Waals surface area contributed by atoms with E-state index in [1.165, 1.54) is 6.07 Å². The fourth-order valence-electron chi connectivity index (χ4n) is 5.00. The third-order valence-electron chi connectivity index (χ3n) is 6.99. The van der Waals surface area contributed by atoms with E-state index in [0.717, 1.165) is 31.1 Å². The molecule has 0 unspecified atom stereocenters. The number of amides is 2. The van der Waals surface area contributed by atoms with Crippen LogP contribution >= 0.6 is 0 Å². The number of carbonyl (C=O) groups is 2. The molecule has 2 heterocycles. The molecule has 37 heavy (non-hydrogen) atoms. The van der Waals surface area contributed by atoms with Gasteiger partial charge in [-0.25, -0.2) is 13.2 Å². The number of anilines is 1. The number of carbonyl (C=O) groups excluding carboxylic acids is 2. The number of aromatic nitrogens is 1. The fourth-order valence-corrected chi connectivity index (χ4v) is 6.24. The second-order valence-corrected chi connectivity index (χ2v) is 11.2. The highest BCUT2D eigenvalue weighted by molar-refractivity contribution is 7.93. The zero-order valence-electron chi connectivity index (χ0n) is 20.7. The number of piperazine rings is 1. The molecular weight excluding hydrogens is 492 g/mol. The maximum Gasteiger partial charge on any atom is 0.410 e. The summed E-state index contributed by atoms with van der Waals surface area (Å²) in [6, 6.07) is 14.7. The molecule has 2 amide bonds. The van der Waals surface area contributed by atoms with Gasteiger partial charge in [0.1, 0.15) is 11.0 Å². The first-order valence-electron chi connectivity index (χ1n) is 12.5. The molecule has 5 rings (SSSR count). The molecule has 1 aliphatic heterocycles. The van der Waals surface area contributed by atoms with Gasteiger partial charge < -0.3 is 14.5 Å². The molecule has 1 aliphatic carbocycles. The summed E-state index contributed by atoms with van der Waals surface area (Å²) in [7, 11) is -3.88. The molecule has 1 saturated heterocycles. The molecule has 2 fully saturated rings. The number of sulfonamides is 1. The molecule has 1 N–H and O–H groups in total. The number of ether oxygens (including phenoxy) is 1. The van der Waals surface area contributed by atoms with Gasteiger partial charge in [0, 0.05) is 48.5 Å². The van der Waals surface area contributed by atoms with Crippen molar-refractivity contribution in [3.05, 3.63) is 66.4 Å². The Kier molecular flexibility index (Phi) is 7.01. The standard InChI is InChI=1S/C27H30N4O5S/c1-19-18-30(27(33)36-23-8-2-3-9-23)16-17-31(19)26(32)21-11-13-22(14-12-21)29-37(34,35)24-10-4-6-20-7-5-15-28-25(20)24/h4-7,10-15,19,23,29H,2-3,8-9,16-18H2,1H3/t19-/m1/s1. The summed E-state index contributed by atoms with van der Waals surface area (Å²) in [5.41, 5.74) is 1.19. The van der Waals surface area contributed by atoms with E-state index in [2.05, 4.69) is 9.71 Å². The Morgan fingerprint density at radius 2 is 1.73 bits per heavy atom. The summed E-state index contributed by atoms with van der Waals surface area (Å²) in [6.45, 7) is 3.14. The van der Waals surface area contributed by atoms with Crippen LogP contribution in [0.3, 0.4) is 0 Å². The molecular formula is C27H30N4O5S. The fraction of sp³-hybridized carbons (Fsp3) is 0.370. The first-order chi connectivity index (χ1) is 17.8. The van der Waals surface area contributed by atoms with Gasteiger partial charge in [-0.2, -0.15) is 0 Å². The maximum atomic E-state index is 13.2. The largest absolute Gasteiger partial charge is 0.446 e. The Morgan fingerprint density at radius 1 is 1.00 bits per heavy atom. The van der Waals surface area contributed by atoms with Crippen molar-refractivity contribution in [3.8, 4) is 0 Å². The van der Waals surface area contributed by atoms with Crippen LogP contribution in [-0.4, -0.2) is 67.0 Å². The van der Waals surface area contributed by atoms with E-state index in [4.69, 9.17) is 4.74 Å². The van der Waals surface area contributed by atoms with E-state index >= 15 is 0 Å². The van der Waals surface area contributed by atoms with Crippen LogP contribution in [0.2, 0.25) is 0 Å². The van der Waals surface area contributed by atoms with Crippen LogP contribution in [0.1, 0.15) is 43.0 Å². The van der Waals surface area contributed by atoms with Crippen LogP contribution in [-0.2, 0) is 14.8 Å². The van der Waals surface area contributed by atoms with Gasteiger partial charge in [0.2, 0.25) is 0 Å². The van der Waals surface area contributed by atoms with Gasteiger partial charge in [-0.05, 0) is 69.0 Å². The Hall–Kier alpha value is -3.66. The number of fused-ring (bicyclic) bond motifs is 1. The van der Waals surface area contributed by atoms with Crippen molar-refractivity contribution in [2.24, 2.45) is 0 Å². The smallest absolute Gasteiger partial charge is 0.410 e. The number of hydrogen-bond donors (Lipinski definition) is 1. The van der Waals surface area contributed by atoms with Gasteiger partial charge >= 0.3 is 6.09 Å². The van der Waals surface area contributed by atoms with E-state index in [-0.39, 0.29) is 29.0 Å². The van der Waals surface area contributed by atoms with E-state index in [9.17, 15) is 18.0 Å². The van der Waals surface area contributed by atoms with Crippen LogP contribution in [0.4, 0.5) is 10.5 Å². The third kappa shape index (κ3) is 5.39. The van der Waals surface area contributed by atoms with E-state index in [1.807, 2.05) is 6.92 Å². The normalized spacial score (nSPS) is 18.7. The number of para-hydroxylation sites is 1. The summed E-state index contributed by atoms with van der Waals surface area (Å²) in [5.74, 6) is -0.163. The number of hydrogen-bond acceptors (Lipinski definition) is 6. The van der Waals surface area contributed by atoms with Gasteiger partial charge in [0.05, 0.1) is 5.52 Å². The molecule has 1 aromatic heterocycles. The van der Waals surface area contributed by atoms with Crippen LogP contribution in [0, 0.1) is 0 Å². The lowest BCUT2D eigenvalue weighted by atomic mass is 10.1. The Bertz CT molecular complexity index is 1400. The van der Waals surface area contributed by atoms with Crippen LogP contribution in [0.25, 0.3) is 10.9 Å². The summed E-state index contributed by atoms with van der Waals surface area (Å²) in [6.07, 6.45) is 5.30. The molecule has 0 spiro atoms. The van der Waals surface area contributed by atoms with Crippen LogP contribution in [0.5, 0.6) is 0 Å². The van der Waals surface area contributed by atoms with Gasteiger partial charge in [-0.3, -0.25) is 14.5 Å². The number of nitrogens with one attached hydrogen (secondary N) is 1. The van der Waals surface area contributed by atoms with Crippen LogP contribution < -0.4 is 4.72 Å². The molecule has 2 aromatic carbocycles. The quantitative estimate of drug-likeness (QED) is 0.536. The second-order valence-electron chi connectivity index (χ2n) is 9.60. The summed E-state index contributed by atoms with van der Waals surface area (Å²) in [5, 5.41) is 0.729. The summed E-state index contributed by atoms with van der Waals surface area (Å²) in [4.78, 5) is 33.4. The SMILES string of the molecule is C[C@@H]1CN(C(=O)OC2CCCC2)CCN1C(=O)c1ccc(NS(=O)(=O)c2cccc3cccnc23)cc1. The number of rotatable bonds is 5. The monoisotopic (exact) mass is 522 g/mol. The molecule has 1 saturated carbocycles. The van der Waals surface area contributed by atoms with Crippen molar-refractivity contribution < 1.29 is 22.7 Å². The third-order valence-corrected chi connectivity index (χ3v) is 8.40. The van der Waals surface area contributed by atoms with Crippen molar-refractivity contribution in [2.45, 2.75) is 49.6 Å². The molecule has 194 valence electrons. The topological polar surface area (TPSA) is 109 Å². The highest BCUT2D eigenvalue weighted by Crippen LogP contribution is 2.25. The minimum atomic E-state index is -3.88. The summed E-state index contributed by atoms with van der Waals surface area (Å²) < 4.78 is 34.3. The van der Waals surface area contributed by atoms with E-state index < -0.39 is 10.0 Å². The molecule has 3 aromatic rings. The second kappa shape index (κ2) is 10.4. The molecule has 0 bridgehead atoms. The first-order valence-corrected chi connectivity index (χ1v) is 14.0. The Balaban J connectivity index is 1.22. The lowest BCUT2D eigenvalue weighted by Gasteiger charge is -2.39. The molecule has 1 atom stereocenters. The minimum Gasteiger partial charge on any atom is -0.446 e. The zero-order valence-corrected chi connectivity index (χ0v) is 21.5. The van der Waals surface area contributed by atoms with Crippen molar-refractivity contribution in [3.63, 3.8) is 0 Å². The van der Waals surface area contributed by atoms with Gasteiger partial charge in [0.15, 0.2) is 0 Å². The maximum absolute atomic E-state index is 13.2. The minimum absolute atomic E-state index is 0.00952. The van der Waals surface area contributed by atoms with Crippen molar-refractivity contribution in [2.75, 3.05) is 24.4 Å². The van der Waals surface area contributed by atoms with Crippen LogP contribution in [0.15, 0.2) is 65.7 Å². The molecule has 10 heteroatoms. The van der Waals surface area contributed by atoms with Crippen molar-refractivity contribution in [1.29, 1.82) is 0 Å². The number of benzene rings is 2. The molecule has 0 radical (unpaired) electrons. The van der Waals surface area contributed by atoms with Gasteiger partial charge in [0.25, 0.3) is 15.9 Å². The zero-order chi connectivity index (χ0) is 26.0. The van der Waals surface area contributed by atoms with Crippen molar-refractivity contribution in [1.82, 2.24) is 14.8 Å². The lowest BCUT2D eigenvalue weighted by molar-refractivity contribution is 0.0295. The Morgan fingerprint density at radius 3 is 2.46 bits per heavy atom. The first kappa shape index (κ1) is 25.0. The summed E-state index contributed by atoms with van der Waals surface area (Å²) >= 11 is 0. The average molecular weight is 523 g/mol. The van der Waals surface area contributed by atoms with Gasteiger partial charge in [-0.1, -0.05) is 18.2 Å². The molecule has 2 aliphatic rings. The molecule has 9 nitrogen and oxygen atoms in total. The number of nitrogens with zero attached hydrogens (tertiary/aromatic N) is 3. The predicted molar refractivity (Wildman–Crippen MR) is 140 cm³/mol.